The number of hydrogen-bond donors (Lipinski definition) is 1. The highest BCUT2D eigenvalue weighted by molar-refractivity contribution is 9.10. The van der Waals surface area contributed by atoms with Crippen LogP contribution in [0.3, 0.4) is 0 Å². The van der Waals surface area contributed by atoms with Crippen LogP contribution in [0.4, 0.5) is 5.69 Å². The number of halogens is 1. The van der Waals surface area contributed by atoms with Gasteiger partial charge in [-0.05, 0) is 41.9 Å². The molecule has 7 heteroatoms. The Balaban J connectivity index is 2.80. The molecule has 6 nitrogen and oxygen atoms in total. The van der Waals surface area contributed by atoms with Crippen LogP contribution in [-0.4, -0.2) is 23.6 Å². The van der Waals surface area contributed by atoms with Gasteiger partial charge in [0.05, 0.1) is 21.5 Å². The molecule has 1 N–H and O–H groups in total. The zero-order valence-electron chi connectivity index (χ0n) is 11.4. The summed E-state index contributed by atoms with van der Waals surface area (Å²) in [4.78, 5) is 10.2. The van der Waals surface area contributed by atoms with Crippen molar-refractivity contribution in [2.24, 2.45) is 0 Å². The summed E-state index contributed by atoms with van der Waals surface area (Å²) in [5.41, 5.74) is -0.886. The molecule has 0 spiro atoms. The van der Waals surface area contributed by atoms with E-state index in [0.717, 1.165) is 6.42 Å². The summed E-state index contributed by atoms with van der Waals surface area (Å²) in [6, 6.07) is 6.43. The fourth-order valence-corrected chi connectivity index (χ4v) is 1.82. The molecule has 0 radical (unpaired) electrons. The third-order valence-electron chi connectivity index (χ3n) is 2.65. The lowest BCUT2D eigenvalue weighted by Gasteiger charge is -2.23. The maximum Gasteiger partial charge on any atom is 0.273 e. The van der Waals surface area contributed by atoms with Crippen LogP contribution in [0.25, 0.3) is 0 Å². The van der Waals surface area contributed by atoms with Gasteiger partial charge in [0.2, 0.25) is 0 Å². The molecule has 0 saturated carbocycles. The Morgan fingerprint density at radius 2 is 2.30 bits per heavy atom. The first-order chi connectivity index (χ1) is 9.41. The van der Waals surface area contributed by atoms with Crippen LogP contribution in [0.15, 0.2) is 22.7 Å². The van der Waals surface area contributed by atoms with Gasteiger partial charge in [-0.15, -0.1) is 0 Å². The van der Waals surface area contributed by atoms with Crippen molar-refractivity contribution in [1.29, 1.82) is 5.26 Å². The number of benzene rings is 1. The van der Waals surface area contributed by atoms with Gasteiger partial charge in [-0.3, -0.25) is 15.4 Å². The third kappa shape index (κ3) is 4.47. The van der Waals surface area contributed by atoms with E-state index >= 15 is 0 Å². The highest BCUT2D eigenvalue weighted by Crippen LogP contribution is 2.29. The van der Waals surface area contributed by atoms with E-state index in [1.165, 1.54) is 12.1 Å². The molecule has 1 rings (SSSR count). The lowest BCUT2D eigenvalue weighted by molar-refractivity contribution is -0.385. The quantitative estimate of drug-likeness (QED) is 0.608. The second-order valence-corrected chi connectivity index (χ2v) is 5.39. The molecule has 0 saturated heterocycles. The molecule has 1 atom stereocenters. The average molecular weight is 342 g/mol. The van der Waals surface area contributed by atoms with Crippen LogP contribution >= 0.6 is 15.9 Å². The minimum atomic E-state index is -0.833. The Morgan fingerprint density at radius 3 is 2.85 bits per heavy atom. The minimum Gasteiger partial charge on any atom is -0.489 e. The van der Waals surface area contributed by atoms with E-state index in [2.05, 4.69) is 27.3 Å². The molecule has 0 amide bonds. The fourth-order valence-electron chi connectivity index (χ4n) is 1.46. The number of nitrogens with one attached hydrogen (secondary N) is 1. The number of nitriles is 1. The van der Waals surface area contributed by atoms with Gasteiger partial charge in [0.15, 0.2) is 0 Å². The number of ether oxygens (including phenoxy) is 1. The Hall–Kier alpha value is -1.65. The molecule has 0 aromatic heterocycles. The van der Waals surface area contributed by atoms with E-state index < -0.39 is 10.5 Å². The van der Waals surface area contributed by atoms with E-state index in [-0.39, 0.29) is 12.3 Å². The number of hydrogen-bond acceptors (Lipinski definition) is 5. The molecule has 0 bridgehead atoms. The Kier molecular flexibility index (Phi) is 5.92. The largest absolute Gasteiger partial charge is 0.489 e. The smallest absolute Gasteiger partial charge is 0.273 e. The van der Waals surface area contributed by atoms with Gasteiger partial charge in [0, 0.05) is 6.07 Å². The molecule has 0 heterocycles. The summed E-state index contributed by atoms with van der Waals surface area (Å²) in [6.07, 6.45) is 0.901. The summed E-state index contributed by atoms with van der Waals surface area (Å²) in [7, 11) is 0. The normalized spacial score (nSPS) is 13.3. The third-order valence-corrected chi connectivity index (χ3v) is 3.31. The van der Waals surface area contributed by atoms with Crippen molar-refractivity contribution in [3.63, 3.8) is 0 Å². The van der Waals surface area contributed by atoms with Gasteiger partial charge in [-0.25, -0.2) is 0 Å². The van der Waals surface area contributed by atoms with E-state index in [4.69, 9.17) is 4.74 Å². The van der Waals surface area contributed by atoms with E-state index in [0.29, 0.717) is 16.8 Å². The Bertz CT molecular complexity index is 530. The van der Waals surface area contributed by atoms with E-state index in [1.54, 1.807) is 13.0 Å². The maximum atomic E-state index is 10.7. The molecule has 1 aromatic carbocycles. The van der Waals surface area contributed by atoms with Crippen molar-refractivity contribution in [2.45, 2.75) is 25.8 Å². The van der Waals surface area contributed by atoms with Crippen molar-refractivity contribution in [3.05, 3.63) is 32.8 Å². The summed E-state index contributed by atoms with van der Waals surface area (Å²) in [6.45, 7) is 4.53. The number of nitrogens with zero attached hydrogens (tertiary/aromatic N) is 2. The standard InChI is InChI=1S/C13H16BrN3O3/c1-3-6-16-13(2,8-15)9-20-12-7-10(17(18)19)4-5-11(12)14/h4-5,7,16H,3,6,9H2,1-2H3. The maximum absolute atomic E-state index is 10.7. The molecule has 1 unspecified atom stereocenters. The molecule has 1 aromatic rings. The van der Waals surface area contributed by atoms with Gasteiger partial charge in [0.1, 0.15) is 17.9 Å². The molecule has 0 fully saturated rings. The van der Waals surface area contributed by atoms with E-state index in [1.807, 2.05) is 6.92 Å². The van der Waals surface area contributed by atoms with Crippen molar-refractivity contribution in [2.75, 3.05) is 13.2 Å². The molecular weight excluding hydrogens is 326 g/mol. The van der Waals surface area contributed by atoms with Crippen molar-refractivity contribution in [1.82, 2.24) is 5.32 Å². The molecule has 0 aliphatic rings. The van der Waals surface area contributed by atoms with Gasteiger partial charge < -0.3 is 4.74 Å². The predicted molar refractivity (Wildman–Crippen MR) is 78.6 cm³/mol. The predicted octanol–water partition coefficient (Wildman–Crippen LogP) is 3.02. The molecular formula is C13H16BrN3O3. The number of non-ortho nitro benzene ring substituents is 1. The first kappa shape index (κ1) is 16.4. The monoisotopic (exact) mass is 341 g/mol. The van der Waals surface area contributed by atoms with E-state index in [9.17, 15) is 15.4 Å². The molecule has 0 aliphatic heterocycles. The first-order valence-electron chi connectivity index (χ1n) is 6.15. The Labute approximate surface area is 126 Å². The second-order valence-electron chi connectivity index (χ2n) is 4.53. The van der Waals surface area contributed by atoms with Crippen molar-refractivity contribution in [3.8, 4) is 11.8 Å². The SMILES string of the molecule is CCCNC(C)(C#N)COc1cc([N+](=O)[O-])ccc1Br. The van der Waals surface area contributed by atoms with Crippen LogP contribution in [0.2, 0.25) is 0 Å². The fraction of sp³-hybridized carbons (Fsp3) is 0.462. The lowest BCUT2D eigenvalue weighted by Crippen LogP contribution is -2.46. The molecule has 108 valence electrons. The number of nitro groups is 1. The van der Waals surface area contributed by atoms with Crippen molar-refractivity contribution < 1.29 is 9.66 Å². The first-order valence-corrected chi connectivity index (χ1v) is 6.94. The van der Waals surface area contributed by atoms with Crippen LogP contribution < -0.4 is 10.1 Å². The average Bonchev–Trinajstić information content (AvgIpc) is 2.44. The van der Waals surface area contributed by atoms with Crippen LogP contribution in [-0.2, 0) is 0 Å². The van der Waals surface area contributed by atoms with Gasteiger partial charge in [-0.1, -0.05) is 6.92 Å². The van der Waals surface area contributed by atoms with Crippen LogP contribution in [0.5, 0.6) is 5.75 Å². The zero-order chi connectivity index (χ0) is 15.2. The van der Waals surface area contributed by atoms with Crippen LogP contribution in [0.1, 0.15) is 20.3 Å². The highest BCUT2D eigenvalue weighted by atomic mass is 79.9. The molecule has 20 heavy (non-hydrogen) atoms. The topological polar surface area (TPSA) is 88.2 Å². The molecule has 0 aliphatic carbocycles. The zero-order valence-corrected chi connectivity index (χ0v) is 12.9. The summed E-state index contributed by atoms with van der Waals surface area (Å²) in [5, 5.41) is 23.0. The highest BCUT2D eigenvalue weighted by Gasteiger charge is 2.24. The Morgan fingerprint density at radius 1 is 1.60 bits per heavy atom. The van der Waals surface area contributed by atoms with Gasteiger partial charge in [-0.2, -0.15) is 5.26 Å². The second kappa shape index (κ2) is 7.22. The van der Waals surface area contributed by atoms with Gasteiger partial charge >= 0.3 is 0 Å². The minimum absolute atomic E-state index is 0.0524. The number of rotatable bonds is 7. The van der Waals surface area contributed by atoms with Crippen molar-refractivity contribution >= 4 is 21.6 Å². The summed E-state index contributed by atoms with van der Waals surface area (Å²) in [5.74, 6) is 0.346. The number of nitro benzene ring substituents is 1. The van der Waals surface area contributed by atoms with Gasteiger partial charge in [0.25, 0.3) is 5.69 Å². The lowest BCUT2D eigenvalue weighted by atomic mass is 10.1. The summed E-state index contributed by atoms with van der Waals surface area (Å²) >= 11 is 3.27. The summed E-state index contributed by atoms with van der Waals surface area (Å²) < 4.78 is 6.15. The van der Waals surface area contributed by atoms with Crippen LogP contribution in [0, 0.1) is 21.4 Å².